The third-order valence-corrected chi connectivity index (χ3v) is 4.33. The van der Waals surface area contributed by atoms with Crippen molar-refractivity contribution in [2.75, 3.05) is 33.2 Å². The van der Waals surface area contributed by atoms with E-state index in [1.54, 1.807) is 11.3 Å². The summed E-state index contributed by atoms with van der Waals surface area (Å²) in [6.45, 7) is 9.08. The number of thiazole rings is 1. The number of hydrogen-bond donors (Lipinski definition) is 2. The molecular weight excluding hydrogens is 397 g/mol. The molecule has 0 radical (unpaired) electrons. The molecule has 7 heteroatoms. The molecule has 120 valence electrons. The summed E-state index contributed by atoms with van der Waals surface area (Å²) in [5, 5.41) is 7.82. The molecule has 0 spiro atoms. The minimum Gasteiger partial charge on any atom is -0.357 e. The smallest absolute Gasteiger partial charge is 0.191 e. The maximum absolute atomic E-state index is 4.61. The monoisotopic (exact) mass is 423 g/mol. The van der Waals surface area contributed by atoms with Crippen LogP contribution in [0.3, 0.4) is 0 Å². The van der Waals surface area contributed by atoms with Crippen LogP contribution in [-0.2, 0) is 6.54 Å². The quantitative estimate of drug-likeness (QED) is 0.433. The first-order valence-electron chi connectivity index (χ1n) is 7.29. The third-order valence-electron chi connectivity index (χ3n) is 3.43. The van der Waals surface area contributed by atoms with E-state index in [0.717, 1.165) is 30.0 Å². The van der Waals surface area contributed by atoms with Crippen molar-refractivity contribution in [3.8, 4) is 0 Å². The first-order chi connectivity index (χ1) is 9.67. The van der Waals surface area contributed by atoms with Gasteiger partial charge in [0.05, 0.1) is 6.54 Å². The van der Waals surface area contributed by atoms with Gasteiger partial charge in [-0.25, -0.2) is 9.98 Å². The molecule has 1 fully saturated rings. The van der Waals surface area contributed by atoms with Gasteiger partial charge in [0.2, 0.25) is 0 Å². The Morgan fingerprint density at radius 2 is 2.33 bits per heavy atom. The summed E-state index contributed by atoms with van der Waals surface area (Å²) in [6.07, 6.45) is 3.18. The van der Waals surface area contributed by atoms with Crippen LogP contribution in [0.4, 0.5) is 0 Å². The van der Waals surface area contributed by atoms with E-state index in [1.807, 2.05) is 6.20 Å². The van der Waals surface area contributed by atoms with Gasteiger partial charge in [0.25, 0.3) is 0 Å². The molecule has 2 N–H and O–H groups in total. The number of rotatable bonds is 5. The number of hydrogen-bond acceptors (Lipinski definition) is 4. The largest absolute Gasteiger partial charge is 0.357 e. The highest BCUT2D eigenvalue weighted by Gasteiger charge is 2.19. The van der Waals surface area contributed by atoms with Crippen molar-refractivity contribution < 1.29 is 0 Å². The van der Waals surface area contributed by atoms with Crippen molar-refractivity contribution in [1.82, 2.24) is 20.5 Å². The van der Waals surface area contributed by atoms with Crippen LogP contribution in [0, 0.1) is 12.8 Å². The lowest BCUT2D eigenvalue weighted by molar-refractivity contribution is 0.394. The van der Waals surface area contributed by atoms with Crippen molar-refractivity contribution >= 4 is 41.3 Å². The third kappa shape index (κ3) is 6.48. The van der Waals surface area contributed by atoms with E-state index in [-0.39, 0.29) is 24.0 Å². The molecule has 1 aliphatic heterocycles. The number of aromatic nitrogens is 1. The fraction of sp³-hybridized carbons (Fsp3) is 0.714. The summed E-state index contributed by atoms with van der Waals surface area (Å²) in [4.78, 5) is 12.6. The van der Waals surface area contributed by atoms with Crippen molar-refractivity contribution in [2.24, 2.45) is 10.9 Å². The Kier molecular flexibility index (Phi) is 8.50. The topological polar surface area (TPSA) is 52.6 Å². The van der Waals surface area contributed by atoms with E-state index in [2.05, 4.69) is 46.4 Å². The Balaban J connectivity index is 0.00000220. The van der Waals surface area contributed by atoms with E-state index >= 15 is 0 Å². The second-order valence-corrected chi connectivity index (χ2v) is 6.68. The molecule has 21 heavy (non-hydrogen) atoms. The highest BCUT2D eigenvalue weighted by Crippen LogP contribution is 2.13. The highest BCUT2D eigenvalue weighted by molar-refractivity contribution is 14.0. The molecule has 0 aromatic carbocycles. The maximum Gasteiger partial charge on any atom is 0.191 e. The van der Waals surface area contributed by atoms with Crippen LogP contribution in [-0.4, -0.2) is 49.1 Å². The van der Waals surface area contributed by atoms with Gasteiger partial charge >= 0.3 is 0 Å². The summed E-state index contributed by atoms with van der Waals surface area (Å²) in [5.41, 5.74) is 0. The van der Waals surface area contributed by atoms with Crippen molar-refractivity contribution in [3.63, 3.8) is 0 Å². The predicted octanol–water partition coefficient (Wildman–Crippen LogP) is 2.08. The first-order valence-corrected chi connectivity index (χ1v) is 8.11. The van der Waals surface area contributed by atoms with Gasteiger partial charge in [-0.2, -0.15) is 0 Å². The van der Waals surface area contributed by atoms with Crippen LogP contribution in [0.1, 0.15) is 23.2 Å². The van der Waals surface area contributed by atoms with Gasteiger partial charge in [-0.1, -0.05) is 0 Å². The van der Waals surface area contributed by atoms with Gasteiger partial charge in [-0.3, -0.25) is 0 Å². The second kappa shape index (κ2) is 9.58. The Bertz CT molecular complexity index is 448. The zero-order valence-electron chi connectivity index (χ0n) is 13.1. The van der Waals surface area contributed by atoms with Crippen LogP contribution < -0.4 is 10.6 Å². The SMILES string of the molecule is CCNC(=NCc1ncc(C)s1)NCC1CCN(C)C1.I. The fourth-order valence-electron chi connectivity index (χ4n) is 2.40. The predicted molar refractivity (Wildman–Crippen MR) is 101 cm³/mol. The van der Waals surface area contributed by atoms with E-state index in [9.17, 15) is 0 Å². The fourth-order valence-corrected chi connectivity index (χ4v) is 3.11. The van der Waals surface area contributed by atoms with Crippen LogP contribution >= 0.6 is 35.3 Å². The number of likely N-dealkylation sites (tertiary alicyclic amines) is 1. The van der Waals surface area contributed by atoms with Gasteiger partial charge < -0.3 is 15.5 Å². The molecule has 1 saturated heterocycles. The standard InChI is InChI=1S/C14H25N5S.HI/c1-4-15-14(17-8-12-5-6-19(3)10-12)18-9-13-16-7-11(2)20-13;/h7,12H,4-6,8-10H2,1-3H3,(H2,15,17,18);1H. The molecule has 1 atom stereocenters. The zero-order chi connectivity index (χ0) is 14.4. The number of halogens is 1. The second-order valence-electron chi connectivity index (χ2n) is 5.36. The van der Waals surface area contributed by atoms with Gasteiger partial charge in [0, 0.05) is 30.7 Å². The first kappa shape index (κ1) is 18.6. The summed E-state index contributed by atoms with van der Waals surface area (Å²) in [7, 11) is 2.18. The Morgan fingerprint density at radius 3 is 2.90 bits per heavy atom. The Hall–Kier alpha value is -0.410. The van der Waals surface area contributed by atoms with E-state index < -0.39 is 0 Å². The average molecular weight is 423 g/mol. The van der Waals surface area contributed by atoms with Crippen LogP contribution in [0.5, 0.6) is 0 Å². The van der Waals surface area contributed by atoms with Crippen molar-refractivity contribution in [1.29, 1.82) is 0 Å². The van der Waals surface area contributed by atoms with Crippen LogP contribution in [0.25, 0.3) is 0 Å². The Labute approximate surface area is 148 Å². The lowest BCUT2D eigenvalue weighted by Gasteiger charge is -2.15. The minimum absolute atomic E-state index is 0. The van der Waals surface area contributed by atoms with Gasteiger partial charge in [-0.15, -0.1) is 35.3 Å². The molecule has 2 heterocycles. The number of aliphatic imine (C=N–C) groups is 1. The summed E-state index contributed by atoms with van der Waals surface area (Å²) in [6, 6.07) is 0. The summed E-state index contributed by atoms with van der Waals surface area (Å²) >= 11 is 1.71. The average Bonchev–Trinajstić information content (AvgIpc) is 3.02. The minimum atomic E-state index is 0. The molecule has 1 aliphatic rings. The normalized spacial score (nSPS) is 19.4. The maximum atomic E-state index is 4.61. The number of nitrogens with one attached hydrogen (secondary N) is 2. The van der Waals surface area contributed by atoms with Gasteiger partial charge in [-0.05, 0) is 39.8 Å². The molecular formula is C14H26IN5S. The van der Waals surface area contributed by atoms with Crippen molar-refractivity contribution in [2.45, 2.75) is 26.8 Å². The molecule has 5 nitrogen and oxygen atoms in total. The van der Waals surface area contributed by atoms with Crippen LogP contribution in [0.2, 0.25) is 0 Å². The number of nitrogens with zero attached hydrogens (tertiary/aromatic N) is 3. The van der Waals surface area contributed by atoms with E-state index in [0.29, 0.717) is 6.54 Å². The molecule has 0 saturated carbocycles. The summed E-state index contributed by atoms with van der Waals surface area (Å²) < 4.78 is 0. The van der Waals surface area contributed by atoms with Gasteiger partial charge in [0.1, 0.15) is 5.01 Å². The lowest BCUT2D eigenvalue weighted by atomic mass is 10.1. The molecule has 1 aromatic heterocycles. The molecule has 0 aliphatic carbocycles. The molecule has 1 aromatic rings. The van der Waals surface area contributed by atoms with Crippen LogP contribution in [0.15, 0.2) is 11.2 Å². The van der Waals surface area contributed by atoms with E-state index in [1.165, 1.54) is 24.4 Å². The highest BCUT2D eigenvalue weighted by atomic mass is 127. The van der Waals surface area contributed by atoms with E-state index in [4.69, 9.17) is 0 Å². The zero-order valence-corrected chi connectivity index (χ0v) is 16.2. The summed E-state index contributed by atoms with van der Waals surface area (Å²) in [5.74, 6) is 1.63. The Morgan fingerprint density at radius 1 is 1.52 bits per heavy atom. The molecule has 0 amide bonds. The molecule has 2 rings (SSSR count). The lowest BCUT2D eigenvalue weighted by Crippen LogP contribution is -2.40. The molecule has 0 bridgehead atoms. The van der Waals surface area contributed by atoms with Gasteiger partial charge in [0.15, 0.2) is 5.96 Å². The molecule has 1 unspecified atom stereocenters. The van der Waals surface area contributed by atoms with Crippen molar-refractivity contribution in [3.05, 3.63) is 16.1 Å². The number of aryl methyl sites for hydroxylation is 1. The number of guanidine groups is 1.